The normalized spacial score (nSPS) is 13.7. The zero-order valence-corrected chi connectivity index (χ0v) is 16.8. The summed E-state index contributed by atoms with van der Waals surface area (Å²) in [5.74, 6) is 1.87. The molecule has 6 nitrogen and oxygen atoms in total. The Balaban J connectivity index is 1.47. The van der Waals surface area contributed by atoms with Gasteiger partial charge in [-0.15, -0.1) is 0 Å². The lowest BCUT2D eigenvalue weighted by atomic mass is 10.1. The van der Waals surface area contributed by atoms with Crippen LogP contribution in [0.4, 0.5) is 5.82 Å². The van der Waals surface area contributed by atoms with Crippen LogP contribution in [-0.4, -0.2) is 37.4 Å². The molecule has 1 fully saturated rings. The van der Waals surface area contributed by atoms with E-state index in [0.29, 0.717) is 6.42 Å². The Morgan fingerprint density at radius 3 is 2.55 bits per heavy atom. The first kappa shape index (κ1) is 17.8. The highest BCUT2D eigenvalue weighted by Crippen LogP contribution is 2.22. The molecular formula is C23H24N6. The molecule has 0 saturated carbocycles. The quantitative estimate of drug-likeness (QED) is 0.527. The molecule has 0 bridgehead atoms. The zero-order chi connectivity index (χ0) is 19.8. The van der Waals surface area contributed by atoms with Gasteiger partial charge >= 0.3 is 0 Å². The number of pyridine rings is 2. The number of anilines is 1. The number of aromatic nitrogens is 5. The van der Waals surface area contributed by atoms with Gasteiger partial charge in [-0.25, -0.2) is 15.0 Å². The first-order valence-corrected chi connectivity index (χ1v) is 10.1. The van der Waals surface area contributed by atoms with Crippen LogP contribution in [0.5, 0.6) is 0 Å². The largest absolute Gasteiger partial charge is 0.356 e. The maximum Gasteiger partial charge on any atom is 0.136 e. The van der Waals surface area contributed by atoms with Crippen molar-refractivity contribution >= 4 is 11.5 Å². The summed E-state index contributed by atoms with van der Waals surface area (Å²) >= 11 is 0. The summed E-state index contributed by atoms with van der Waals surface area (Å²) in [4.78, 5) is 21.1. The van der Waals surface area contributed by atoms with Crippen LogP contribution >= 0.6 is 0 Å². The first-order chi connectivity index (χ1) is 14.1. The van der Waals surface area contributed by atoms with Crippen LogP contribution in [0.1, 0.15) is 40.5 Å². The van der Waals surface area contributed by atoms with Crippen LogP contribution in [0.3, 0.4) is 0 Å². The standard InChI is InChI=1S/C23H24N6/c1-16-10-17(2)25-19(11-16)14-21-26-20(15-23(27-21)28-6-3-7-28)12-18-4-8-29-9-5-24-22(29)13-18/h4-5,8-11,13,15H,3,6-7,12,14H2,1-2H3. The van der Waals surface area contributed by atoms with Crippen LogP contribution < -0.4 is 4.90 Å². The fraction of sp³-hybridized carbons (Fsp3) is 0.304. The van der Waals surface area contributed by atoms with Crippen molar-refractivity contribution < 1.29 is 0 Å². The second-order valence-corrected chi connectivity index (χ2v) is 7.83. The van der Waals surface area contributed by atoms with Gasteiger partial charge in [0, 0.05) is 55.6 Å². The minimum absolute atomic E-state index is 0.649. The minimum atomic E-state index is 0.649. The third-order valence-corrected chi connectivity index (χ3v) is 5.33. The number of hydrogen-bond acceptors (Lipinski definition) is 5. The molecule has 0 aliphatic carbocycles. The third-order valence-electron chi connectivity index (χ3n) is 5.33. The van der Waals surface area contributed by atoms with Gasteiger partial charge < -0.3 is 9.30 Å². The third kappa shape index (κ3) is 3.83. The summed E-state index contributed by atoms with van der Waals surface area (Å²) in [6.07, 6.45) is 8.47. The maximum absolute atomic E-state index is 4.89. The number of nitrogens with zero attached hydrogens (tertiary/aromatic N) is 6. The van der Waals surface area contributed by atoms with E-state index in [2.05, 4.69) is 58.3 Å². The Labute approximate surface area is 170 Å². The molecule has 0 atom stereocenters. The zero-order valence-electron chi connectivity index (χ0n) is 16.8. The number of fused-ring (bicyclic) bond motifs is 1. The van der Waals surface area contributed by atoms with E-state index in [1.165, 1.54) is 17.5 Å². The van der Waals surface area contributed by atoms with E-state index in [4.69, 9.17) is 9.97 Å². The van der Waals surface area contributed by atoms with Crippen molar-refractivity contribution in [1.82, 2.24) is 24.3 Å². The smallest absolute Gasteiger partial charge is 0.136 e. The van der Waals surface area contributed by atoms with E-state index in [1.807, 2.05) is 23.7 Å². The van der Waals surface area contributed by atoms with Gasteiger partial charge in [0.05, 0.1) is 12.1 Å². The second-order valence-electron chi connectivity index (χ2n) is 7.83. The van der Waals surface area contributed by atoms with Gasteiger partial charge in [-0.2, -0.15) is 0 Å². The molecule has 146 valence electrons. The highest BCUT2D eigenvalue weighted by molar-refractivity contribution is 5.45. The molecule has 0 N–H and O–H groups in total. The molecule has 1 aliphatic heterocycles. The Morgan fingerprint density at radius 1 is 0.897 bits per heavy atom. The highest BCUT2D eigenvalue weighted by atomic mass is 15.2. The summed E-state index contributed by atoms with van der Waals surface area (Å²) in [6, 6.07) is 10.6. The molecule has 0 aromatic carbocycles. The lowest BCUT2D eigenvalue weighted by Crippen LogP contribution is -2.38. The summed E-state index contributed by atoms with van der Waals surface area (Å²) in [6.45, 7) is 6.27. The molecule has 0 radical (unpaired) electrons. The van der Waals surface area contributed by atoms with Crippen LogP contribution in [0, 0.1) is 13.8 Å². The van der Waals surface area contributed by atoms with Crippen LogP contribution in [-0.2, 0) is 12.8 Å². The van der Waals surface area contributed by atoms with Gasteiger partial charge in [0.2, 0.25) is 0 Å². The fourth-order valence-electron chi connectivity index (χ4n) is 3.86. The van der Waals surface area contributed by atoms with Gasteiger partial charge in [-0.1, -0.05) is 0 Å². The van der Waals surface area contributed by atoms with Crippen molar-refractivity contribution in [2.75, 3.05) is 18.0 Å². The summed E-state index contributed by atoms with van der Waals surface area (Å²) < 4.78 is 2.02. The first-order valence-electron chi connectivity index (χ1n) is 10.1. The fourth-order valence-corrected chi connectivity index (χ4v) is 3.86. The summed E-state index contributed by atoms with van der Waals surface area (Å²) in [5.41, 5.74) is 6.48. The lowest BCUT2D eigenvalue weighted by Gasteiger charge is -2.32. The number of hydrogen-bond donors (Lipinski definition) is 0. The van der Waals surface area contributed by atoms with Crippen LogP contribution in [0.25, 0.3) is 5.65 Å². The maximum atomic E-state index is 4.89. The molecule has 6 heteroatoms. The minimum Gasteiger partial charge on any atom is -0.356 e. The Kier molecular flexibility index (Phi) is 4.46. The molecule has 4 aromatic rings. The van der Waals surface area contributed by atoms with E-state index in [-0.39, 0.29) is 0 Å². The average molecular weight is 384 g/mol. The van der Waals surface area contributed by atoms with E-state index in [9.17, 15) is 0 Å². The van der Waals surface area contributed by atoms with Crippen molar-refractivity contribution in [2.45, 2.75) is 33.1 Å². The molecule has 5 heterocycles. The predicted molar refractivity (Wildman–Crippen MR) is 113 cm³/mol. The Morgan fingerprint density at radius 2 is 1.76 bits per heavy atom. The van der Waals surface area contributed by atoms with Crippen LogP contribution in [0.2, 0.25) is 0 Å². The molecule has 1 aliphatic rings. The van der Waals surface area contributed by atoms with E-state index >= 15 is 0 Å². The van der Waals surface area contributed by atoms with Crippen molar-refractivity contribution in [3.63, 3.8) is 0 Å². The van der Waals surface area contributed by atoms with E-state index in [1.54, 1.807) is 0 Å². The molecule has 0 unspecified atom stereocenters. The molecular weight excluding hydrogens is 360 g/mol. The molecule has 4 aromatic heterocycles. The Bertz CT molecular complexity index is 1150. The van der Waals surface area contributed by atoms with E-state index < -0.39 is 0 Å². The molecule has 0 amide bonds. The van der Waals surface area contributed by atoms with Crippen molar-refractivity contribution in [3.05, 3.63) is 83.0 Å². The van der Waals surface area contributed by atoms with Gasteiger partial charge in [0.25, 0.3) is 0 Å². The summed E-state index contributed by atoms with van der Waals surface area (Å²) in [5, 5.41) is 0. The lowest BCUT2D eigenvalue weighted by molar-refractivity contribution is 0.606. The van der Waals surface area contributed by atoms with Gasteiger partial charge in [0.1, 0.15) is 17.3 Å². The number of imidazole rings is 1. The van der Waals surface area contributed by atoms with E-state index in [0.717, 1.165) is 53.9 Å². The van der Waals surface area contributed by atoms with Crippen LogP contribution in [0.15, 0.2) is 48.9 Å². The predicted octanol–water partition coefficient (Wildman–Crippen LogP) is 3.53. The number of rotatable bonds is 5. The van der Waals surface area contributed by atoms with Crippen molar-refractivity contribution in [3.8, 4) is 0 Å². The second kappa shape index (κ2) is 7.28. The monoisotopic (exact) mass is 384 g/mol. The average Bonchev–Trinajstić information content (AvgIpc) is 3.07. The van der Waals surface area contributed by atoms with Crippen molar-refractivity contribution in [1.29, 1.82) is 0 Å². The highest BCUT2D eigenvalue weighted by Gasteiger charge is 2.18. The topological polar surface area (TPSA) is 59.2 Å². The molecule has 29 heavy (non-hydrogen) atoms. The van der Waals surface area contributed by atoms with Gasteiger partial charge in [-0.05, 0) is 55.7 Å². The molecule has 1 saturated heterocycles. The number of aryl methyl sites for hydroxylation is 2. The molecule has 0 spiro atoms. The van der Waals surface area contributed by atoms with Gasteiger partial charge in [0.15, 0.2) is 0 Å². The Hall–Kier alpha value is -3.28. The van der Waals surface area contributed by atoms with Crippen molar-refractivity contribution in [2.24, 2.45) is 0 Å². The SMILES string of the molecule is Cc1cc(C)nc(Cc2nc(Cc3ccn4ccnc4c3)cc(N3CCC3)n2)c1. The molecule has 5 rings (SSSR count). The summed E-state index contributed by atoms with van der Waals surface area (Å²) in [7, 11) is 0. The van der Waals surface area contributed by atoms with Gasteiger partial charge in [-0.3, -0.25) is 4.98 Å².